The molecule has 1 saturated heterocycles. The number of hydrogen-bond donors (Lipinski definition) is 2. The molecule has 1 amide bonds. The number of carbonyl (C=O) groups is 1. The van der Waals surface area contributed by atoms with Gasteiger partial charge in [-0.05, 0) is 44.0 Å². The van der Waals surface area contributed by atoms with Gasteiger partial charge in [0.1, 0.15) is 5.82 Å². The molecule has 1 unspecified atom stereocenters. The van der Waals surface area contributed by atoms with Crippen molar-refractivity contribution in [2.45, 2.75) is 19.8 Å². The summed E-state index contributed by atoms with van der Waals surface area (Å²) in [6.45, 7) is 5.96. The highest BCUT2D eigenvalue weighted by Crippen LogP contribution is 2.15. The average Bonchev–Trinajstić information content (AvgIpc) is 2.92. The smallest absolute Gasteiger partial charge is 0.253 e. The van der Waals surface area contributed by atoms with Gasteiger partial charge < -0.3 is 16.0 Å². The Kier molecular flexibility index (Phi) is 4.95. The van der Waals surface area contributed by atoms with Gasteiger partial charge in [0.05, 0.1) is 11.3 Å². The van der Waals surface area contributed by atoms with E-state index in [0.717, 1.165) is 19.6 Å². The van der Waals surface area contributed by atoms with E-state index in [-0.39, 0.29) is 17.2 Å². The fourth-order valence-corrected chi connectivity index (χ4v) is 2.57. The van der Waals surface area contributed by atoms with Crippen molar-refractivity contribution in [2.24, 2.45) is 5.92 Å². The second-order valence-corrected chi connectivity index (χ2v) is 5.52. The number of hydrogen-bond acceptors (Lipinski definition) is 3. The van der Waals surface area contributed by atoms with Crippen LogP contribution in [0.4, 0.5) is 10.1 Å². The zero-order valence-electron chi connectivity index (χ0n) is 11.9. The van der Waals surface area contributed by atoms with E-state index in [1.807, 2.05) is 0 Å². The monoisotopic (exact) mass is 279 g/mol. The Morgan fingerprint density at radius 1 is 1.45 bits per heavy atom. The summed E-state index contributed by atoms with van der Waals surface area (Å²) in [7, 11) is 0. The minimum absolute atomic E-state index is 0.0859. The van der Waals surface area contributed by atoms with Gasteiger partial charge in [-0.2, -0.15) is 0 Å². The lowest BCUT2D eigenvalue weighted by Crippen LogP contribution is -2.34. The van der Waals surface area contributed by atoms with E-state index in [1.165, 1.54) is 25.0 Å². The highest BCUT2D eigenvalue weighted by atomic mass is 19.1. The molecule has 0 spiro atoms. The molecule has 0 saturated carbocycles. The Labute approximate surface area is 119 Å². The molecular weight excluding hydrogens is 257 g/mol. The number of nitrogen functional groups attached to an aromatic ring is 1. The van der Waals surface area contributed by atoms with Gasteiger partial charge in [0.25, 0.3) is 5.91 Å². The maximum Gasteiger partial charge on any atom is 0.253 e. The standard InChI is InChI=1S/C15H22FN3O/c1-11(10-19-7-2-3-8-19)9-18-15(20)12-5-4-6-13(16)14(12)17/h4-6,11H,2-3,7-10,17H2,1H3,(H,18,20). The largest absolute Gasteiger partial charge is 0.396 e. The van der Waals surface area contributed by atoms with Crippen molar-refractivity contribution in [3.8, 4) is 0 Å². The van der Waals surface area contributed by atoms with E-state index in [0.29, 0.717) is 12.5 Å². The van der Waals surface area contributed by atoms with E-state index in [4.69, 9.17) is 5.73 Å². The third kappa shape index (κ3) is 3.70. The van der Waals surface area contributed by atoms with Gasteiger partial charge in [-0.25, -0.2) is 4.39 Å². The van der Waals surface area contributed by atoms with E-state index in [1.54, 1.807) is 6.07 Å². The van der Waals surface area contributed by atoms with Crippen LogP contribution in [0.3, 0.4) is 0 Å². The highest BCUT2D eigenvalue weighted by Gasteiger charge is 2.16. The second-order valence-electron chi connectivity index (χ2n) is 5.52. The summed E-state index contributed by atoms with van der Waals surface area (Å²) in [6, 6.07) is 4.29. The predicted molar refractivity (Wildman–Crippen MR) is 78.0 cm³/mol. The number of likely N-dealkylation sites (tertiary alicyclic amines) is 1. The molecular formula is C15H22FN3O. The summed E-state index contributed by atoms with van der Waals surface area (Å²) in [5.74, 6) is -0.495. The van der Waals surface area contributed by atoms with Crippen LogP contribution in [0, 0.1) is 11.7 Å². The molecule has 1 aromatic carbocycles. The molecule has 5 heteroatoms. The summed E-state index contributed by atoms with van der Waals surface area (Å²) in [5.41, 5.74) is 5.70. The maximum absolute atomic E-state index is 13.3. The van der Waals surface area contributed by atoms with Gasteiger partial charge in [-0.3, -0.25) is 4.79 Å². The molecule has 2 rings (SSSR count). The zero-order chi connectivity index (χ0) is 14.5. The number of nitrogens with zero attached hydrogens (tertiary/aromatic N) is 1. The first kappa shape index (κ1) is 14.8. The van der Waals surface area contributed by atoms with Crippen molar-refractivity contribution in [2.75, 3.05) is 31.9 Å². The molecule has 3 N–H and O–H groups in total. The predicted octanol–water partition coefficient (Wildman–Crippen LogP) is 1.87. The van der Waals surface area contributed by atoms with Crippen LogP contribution in [0.15, 0.2) is 18.2 Å². The molecule has 4 nitrogen and oxygen atoms in total. The van der Waals surface area contributed by atoms with Crippen molar-refractivity contribution in [3.05, 3.63) is 29.6 Å². The number of amides is 1. The van der Waals surface area contributed by atoms with Crippen LogP contribution < -0.4 is 11.1 Å². The molecule has 1 aromatic rings. The molecule has 1 aliphatic heterocycles. The summed E-state index contributed by atoms with van der Waals surface area (Å²) >= 11 is 0. The fourth-order valence-electron chi connectivity index (χ4n) is 2.57. The minimum Gasteiger partial charge on any atom is -0.396 e. The first-order chi connectivity index (χ1) is 9.58. The molecule has 1 aliphatic rings. The van der Waals surface area contributed by atoms with E-state index >= 15 is 0 Å². The number of nitrogens with two attached hydrogens (primary N) is 1. The SMILES string of the molecule is CC(CNC(=O)c1cccc(F)c1N)CN1CCCC1. The van der Waals surface area contributed by atoms with E-state index in [2.05, 4.69) is 17.1 Å². The molecule has 110 valence electrons. The quantitative estimate of drug-likeness (QED) is 0.809. The van der Waals surface area contributed by atoms with Crippen molar-refractivity contribution >= 4 is 11.6 Å². The van der Waals surface area contributed by atoms with Gasteiger partial charge in [0.15, 0.2) is 0 Å². The third-order valence-corrected chi connectivity index (χ3v) is 3.68. The van der Waals surface area contributed by atoms with E-state index in [9.17, 15) is 9.18 Å². The van der Waals surface area contributed by atoms with Gasteiger partial charge in [-0.15, -0.1) is 0 Å². The first-order valence-electron chi connectivity index (χ1n) is 7.12. The van der Waals surface area contributed by atoms with Crippen LogP contribution in [0.2, 0.25) is 0 Å². The minimum atomic E-state index is -0.553. The Bertz CT molecular complexity index is 472. The molecule has 20 heavy (non-hydrogen) atoms. The summed E-state index contributed by atoms with van der Waals surface area (Å²) in [6.07, 6.45) is 2.53. The fraction of sp³-hybridized carbons (Fsp3) is 0.533. The molecule has 1 heterocycles. The summed E-state index contributed by atoms with van der Waals surface area (Å²) < 4.78 is 13.3. The number of carbonyl (C=O) groups excluding carboxylic acids is 1. The molecule has 1 atom stereocenters. The van der Waals surface area contributed by atoms with Crippen LogP contribution in [0.1, 0.15) is 30.1 Å². The molecule has 0 aliphatic carbocycles. The topological polar surface area (TPSA) is 58.4 Å². The number of halogens is 1. The number of anilines is 1. The third-order valence-electron chi connectivity index (χ3n) is 3.68. The van der Waals surface area contributed by atoms with Gasteiger partial charge >= 0.3 is 0 Å². The lowest BCUT2D eigenvalue weighted by Gasteiger charge is -2.20. The molecule has 0 aromatic heterocycles. The number of para-hydroxylation sites is 1. The Balaban J connectivity index is 1.83. The Morgan fingerprint density at radius 2 is 2.15 bits per heavy atom. The summed E-state index contributed by atoms with van der Waals surface area (Å²) in [4.78, 5) is 14.4. The van der Waals surface area contributed by atoms with Crippen LogP contribution >= 0.6 is 0 Å². The van der Waals surface area contributed by atoms with E-state index < -0.39 is 5.82 Å². The zero-order valence-corrected chi connectivity index (χ0v) is 11.9. The maximum atomic E-state index is 13.3. The lowest BCUT2D eigenvalue weighted by molar-refractivity contribution is 0.0945. The Morgan fingerprint density at radius 3 is 2.85 bits per heavy atom. The lowest BCUT2D eigenvalue weighted by atomic mass is 10.1. The van der Waals surface area contributed by atoms with Crippen molar-refractivity contribution < 1.29 is 9.18 Å². The molecule has 0 radical (unpaired) electrons. The number of nitrogens with one attached hydrogen (secondary N) is 1. The first-order valence-corrected chi connectivity index (χ1v) is 7.12. The van der Waals surface area contributed by atoms with Gasteiger partial charge in [-0.1, -0.05) is 13.0 Å². The molecule has 0 bridgehead atoms. The van der Waals surface area contributed by atoms with Crippen molar-refractivity contribution in [3.63, 3.8) is 0 Å². The summed E-state index contributed by atoms with van der Waals surface area (Å²) in [5, 5.41) is 2.83. The Hall–Kier alpha value is -1.62. The molecule has 1 fully saturated rings. The van der Waals surface area contributed by atoms with Gasteiger partial charge in [0, 0.05) is 13.1 Å². The van der Waals surface area contributed by atoms with Crippen LogP contribution in [-0.4, -0.2) is 37.0 Å². The second kappa shape index (κ2) is 6.70. The van der Waals surface area contributed by atoms with Crippen LogP contribution in [0.5, 0.6) is 0 Å². The van der Waals surface area contributed by atoms with Gasteiger partial charge in [0.2, 0.25) is 0 Å². The average molecular weight is 279 g/mol. The normalized spacial score (nSPS) is 17.1. The number of benzene rings is 1. The van der Waals surface area contributed by atoms with Crippen LogP contribution in [-0.2, 0) is 0 Å². The van der Waals surface area contributed by atoms with Crippen molar-refractivity contribution in [1.29, 1.82) is 0 Å². The van der Waals surface area contributed by atoms with Crippen molar-refractivity contribution in [1.82, 2.24) is 10.2 Å². The highest BCUT2D eigenvalue weighted by molar-refractivity contribution is 5.99. The number of rotatable bonds is 5. The van der Waals surface area contributed by atoms with Crippen LogP contribution in [0.25, 0.3) is 0 Å².